The normalized spacial score (nSPS) is 18.5. The number of thiophene rings is 1. The van der Waals surface area contributed by atoms with E-state index in [9.17, 15) is 0 Å². The van der Waals surface area contributed by atoms with Crippen LogP contribution in [0.25, 0.3) is 0 Å². The third kappa shape index (κ3) is 2.78. The summed E-state index contributed by atoms with van der Waals surface area (Å²) in [6.45, 7) is 4.07. The van der Waals surface area contributed by atoms with E-state index in [4.69, 9.17) is 0 Å². The van der Waals surface area contributed by atoms with Crippen molar-refractivity contribution in [3.8, 4) is 0 Å². The molecule has 0 aromatic carbocycles. The Kier molecular flexibility index (Phi) is 4.05. The summed E-state index contributed by atoms with van der Waals surface area (Å²) in [5.74, 6) is 0. The van der Waals surface area contributed by atoms with Crippen molar-refractivity contribution in [3.05, 3.63) is 38.3 Å². The van der Waals surface area contributed by atoms with Crippen LogP contribution in [0.15, 0.2) is 21.4 Å². The van der Waals surface area contributed by atoms with Gasteiger partial charge >= 0.3 is 0 Å². The molecule has 5 heteroatoms. The molecule has 1 N–H and O–H groups in total. The Hall–Kier alpha value is -0.650. The molecule has 0 aliphatic heterocycles. The van der Waals surface area contributed by atoms with Crippen LogP contribution < -0.4 is 5.32 Å². The lowest BCUT2D eigenvalue weighted by Gasteiger charge is -2.24. The van der Waals surface area contributed by atoms with E-state index in [-0.39, 0.29) is 0 Å². The lowest BCUT2D eigenvalue weighted by atomic mass is 9.93. The maximum absolute atomic E-state index is 4.50. The van der Waals surface area contributed by atoms with Crippen molar-refractivity contribution in [2.45, 2.75) is 45.3 Å². The number of hydrogen-bond acceptors (Lipinski definition) is 3. The van der Waals surface area contributed by atoms with Gasteiger partial charge in [0.05, 0.1) is 9.98 Å². The van der Waals surface area contributed by atoms with Gasteiger partial charge in [0.15, 0.2) is 0 Å². The molecule has 3 rings (SSSR count). The fourth-order valence-electron chi connectivity index (χ4n) is 2.78. The Morgan fingerprint density at radius 2 is 2.47 bits per heavy atom. The third-order valence-electron chi connectivity index (χ3n) is 3.74. The van der Waals surface area contributed by atoms with Gasteiger partial charge < -0.3 is 5.32 Å². The highest BCUT2D eigenvalue weighted by molar-refractivity contribution is 9.11. The highest BCUT2D eigenvalue weighted by atomic mass is 79.9. The Labute approximate surface area is 126 Å². The molecule has 2 heterocycles. The number of nitrogens with zero attached hydrogens (tertiary/aromatic N) is 2. The Balaban J connectivity index is 1.71. The summed E-state index contributed by atoms with van der Waals surface area (Å²) in [7, 11) is 0. The molecule has 0 saturated carbocycles. The van der Waals surface area contributed by atoms with E-state index in [0.717, 1.165) is 13.1 Å². The number of aromatic nitrogens is 2. The summed E-state index contributed by atoms with van der Waals surface area (Å²) in [5, 5.41) is 10.4. The second-order valence-corrected chi connectivity index (χ2v) is 7.24. The van der Waals surface area contributed by atoms with Gasteiger partial charge in [-0.3, -0.25) is 4.68 Å². The minimum absolute atomic E-state index is 0.461. The van der Waals surface area contributed by atoms with Crippen molar-refractivity contribution in [1.29, 1.82) is 0 Å². The summed E-state index contributed by atoms with van der Waals surface area (Å²) in [5.41, 5.74) is 4.19. The molecule has 0 bridgehead atoms. The minimum Gasteiger partial charge on any atom is -0.306 e. The smallest absolute Gasteiger partial charge is 0.0701 e. The van der Waals surface area contributed by atoms with Crippen LogP contribution >= 0.6 is 27.3 Å². The molecule has 0 saturated heterocycles. The molecule has 2 aromatic rings. The topological polar surface area (TPSA) is 29.9 Å². The van der Waals surface area contributed by atoms with Gasteiger partial charge in [-0.1, -0.05) is 0 Å². The largest absolute Gasteiger partial charge is 0.306 e. The Morgan fingerprint density at radius 1 is 1.58 bits per heavy atom. The molecule has 1 atom stereocenters. The fourth-order valence-corrected chi connectivity index (χ4v) is 3.99. The average Bonchev–Trinajstić information content (AvgIpc) is 3.02. The number of hydrogen-bond donors (Lipinski definition) is 1. The summed E-state index contributed by atoms with van der Waals surface area (Å²) >= 11 is 5.26. The number of halogens is 1. The van der Waals surface area contributed by atoms with E-state index >= 15 is 0 Å². The van der Waals surface area contributed by atoms with Crippen LogP contribution in [0.4, 0.5) is 0 Å². The van der Waals surface area contributed by atoms with Gasteiger partial charge in [-0.05, 0) is 59.1 Å². The highest BCUT2D eigenvalue weighted by Crippen LogP contribution is 2.30. The lowest BCUT2D eigenvalue weighted by molar-refractivity contribution is 0.448. The second kappa shape index (κ2) is 5.77. The predicted octanol–water partition coefficient (Wildman–Crippen LogP) is 3.89. The first-order chi connectivity index (χ1) is 9.28. The zero-order valence-corrected chi connectivity index (χ0v) is 13.4. The highest BCUT2D eigenvalue weighted by Gasteiger charge is 2.23. The summed E-state index contributed by atoms with van der Waals surface area (Å²) in [4.78, 5) is 0. The molecular weight excluding hydrogens is 322 g/mol. The maximum Gasteiger partial charge on any atom is 0.0701 e. The fraction of sp³-hybridized carbons (Fsp3) is 0.500. The van der Waals surface area contributed by atoms with Crippen LogP contribution in [0.1, 0.15) is 42.6 Å². The molecule has 0 unspecified atom stereocenters. The van der Waals surface area contributed by atoms with Crippen molar-refractivity contribution in [2.75, 3.05) is 0 Å². The number of aryl methyl sites for hydroxylation is 1. The lowest BCUT2D eigenvalue weighted by Crippen LogP contribution is -2.24. The van der Waals surface area contributed by atoms with E-state index < -0.39 is 0 Å². The van der Waals surface area contributed by atoms with Gasteiger partial charge in [-0.25, -0.2) is 0 Å². The molecule has 1 aliphatic carbocycles. The van der Waals surface area contributed by atoms with Crippen molar-refractivity contribution in [2.24, 2.45) is 0 Å². The first-order valence-corrected chi connectivity index (χ1v) is 8.46. The van der Waals surface area contributed by atoms with Gasteiger partial charge in [0.25, 0.3) is 0 Å². The number of fused-ring (bicyclic) bond motifs is 1. The van der Waals surface area contributed by atoms with E-state index in [0.29, 0.717) is 6.04 Å². The second-order valence-electron chi connectivity index (χ2n) is 4.95. The molecule has 3 nitrogen and oxygen atoms in total. The summed E-state index contributed by atoms with van der Waals surface area (Å²) < 4.78 is 3.34. The molecule has 102 valence electrons. The molecule has 0 fully saturated rings. The zero-order valence-electron chi connectivity index (χ0n) is 11.0. The zero-order chi connectivity index (χ0) is 13.2. The van der Waals surface area contributed by atoms with Crippen LogP contribution in [-0.2, 0) is 19.5 Å². The SMILES string of the molecule is CCn1ncc2c1CCC[C@@H]2NCc1csc(Br)c1. The van der Waals surface area contributed by atoms with Crippen LogP contribution in [0.3, 0.4) is 0 Å². The average molecular weight is 340 g/mol. The van der Waals surface area contributed by atoms with Gasteiger partial charge in [0, 0.05) is 30.4 Å². The van der Waals surface area contributed by atoms with Gasteiger partial charge in [-0.2, -0.15) is 5.10 Å². The van der Waals surface area contributed by atoms with E-state index in [1.165, 1.54) is 39.9 Å². The number of nitrogens with one attached hydrogen (secondary N) is 1. The number of rotatable bonds is 4. The summed E-state index contributed by atoms with van der Waals surface area (Å²) in [6.07, 6.45) is 5.70. The molecule has 0 amide bonds. The first kappa shape index (κ1) is 13.3. The van der Waals surface area contributed by atoms with Crippen LogP contribution in [0.2, 0.25) is 0 Å². The molecule has 19 heavy (non-hydrogen) atoms. The Morgan fingerprint density at radius 3 is 3.21 bits per heavy atom. The van der Waals surface area contributed by atoms with Crippen LogP contribution in [-0.4, -0.2) is 9.78 Å². The third-order valence-corrected chi connectivity index (χ3v) is 5.29. The monoisotopic (exact) mass is 339 g/mol. The Bertz CT molecular complexity index is 561. The van der Waals surface area contributed by atoms with E-state index in [1.807, 2.05) is 0 Å². The first-order valence-electron chi connectivity index (χ1n) is 6.78. The van der Waals surface area contributed by atoms with Crippen molar-refractivity contribution in [3.63, 3.8) is 0 Å². The molecule has 0 radical (unpaired) electrons. The molecule has 2 aromatic heterocycles. The van der Waals surface area contributed by atoms with Gasteiger partial charge in [-0.15, -0.1) is 11.3 Å². The predicted molar refractivity (Wildman–Crippen MR) is 82.4 cm³/mol. The van der Waals surface area contributed by atoms with Gasteiger partial charge in [0.2, 0.25) is 0 Å². The quantitative estimate of drug-likeness (QED) is 0.915. The van der Waals surface area contributed by atoms with Crippen LogP contribution in [0.5, 0.6) is 0 Å². The van der Waals surface area contributed by atoms with Gasteiger partial charge in [0.1, 0.15) is 0 Å². The molecular formula is C14H18BrN3S. The van der Waals surface area contributed by atoms with Crippen LogP contribution in [0, 0.1) is 0 Å². The van der Waals surface area contributed by atoms with Crippen molar-refractivity contribution >= 4 is 27.3 Å². The minimum atomic E-state index is 0.461. The standard InChI is InChI=1S/C14H18BrN3S/c1-2-18-13-5-3-4-12(11(13)8-17-18)16-7-10-6-14(15)19-9-10/h6,8-9,12,16H,2-5,7H2,1H3/t12-/m0/s1. The van der Waals surface area contributed by atoms with Crippen molar-refractivity contribution < 1.29 is 0 Å². The summed E-state index contributed by atoms with van der Waals surface area (Å²) in [6, 6.07) is 2.65. The van der Waals surface area contributed by atoms with E-state index in [2.05, 4.69) is 55.6 Å². The maximum atomic E-state index is 4.50. The van der Waals surface area contributed by atoms with Crippen molar-refractivity contribution in [1.82, 2.24) is 15.1 Å². The van der Waals surface area contributed by atoms with E-state index in [1.54, 1.807) is 11.3 Å². The molecule has 1 aliphatic rings. The molecule has 0 spiro atoms.